The molecule has 6 heteroatoms. The number of tetrazole rings is 1. The van der Waals surface area contributed by atoms with Crippen LogP contribution in [-0.2, 0) is 7.05 Å². The van der Waals surface area contributed by atoms with E-state index in [2.05, 4.69) is 39.8 Å². The van der Waals surface area contributed by atoms with Gasteiger partial charge in [-0.1, -0.05) is 30.0 Å². The van der Waals surface area contributed by atoms with Gasteiger partial charge >= 0.3 is 0 Å². The van der Waals surface area contributed by atoms with Crippen LogP contribution >= 0.6 is 23.5 Å². The molecular weight excluding hydrogens is 252 g/mol. The van der Waals surface area contributed by atoms with Crippen molar-refractivity contribution in [2.24, 2.45) is 7.05 Å². The molecule has 1 aromatic heterocycles. The van der Waals surface area contributed by atoms with Crippen molar-refractivity contribution in [3.63, 3.8) is 0 Å². The Balaban J connectivity index is 1.70. The minimum absolute atomic E-state index is 0.609. The van der Waals surface area contributed by atoms with E-state index in [0.29, 0.717) is 5.92 Å². The van der Waals surface area contributed by atoms with Crippen molar-refractivity contribution in [1.29, 1.82) is 0 Å². The molecule has 1 aromatic carbocycles. The molecule has 0 fully saturated rings. The lowest BCUT2D eigenvalue weighted by molar-refractivity contribution is 0.664. The molecule has 2 aromatic rings. The molecule has 0 spiro atoms. The van der Waals surface area contributed by atoms with Crippen LogP contribution in [0.1, 0.15) is 11.5 Å². The number of thioether (sulfide) groups is 2. The molecule has 17 heavy (non-hydrogen) atoms. The van der Waals surface area contributed by atoms with E-state index in [9.17, 15) is 0 Å². The molecule has 1 atom stereocenters. The first-order valence-corrected chi connectivity index (χ1v) is 7.38. The number of nitrogens with zero attached hydrogens (tertiary/aromatic N) is 4. The van der Waals surface area contributed by atoms with Gasteiger partial charge < -0.3 is 0 Å². The van der Waals surface area contributed by atoms with Crippen molar-refractivity contribution in [3.05, 3.63) is 29.8 Å². The highest BCUT2D eigenvalue weighted by Gasteiger charge is 2.23. The van der Waals surface area contributed by atoms with E-state index in [-0.39, 0.29) is 0 Å². The fraction of sp³-hybridized carbons (Fsp3) is 0.364. The average Bonchev–Trinajstić information content (AvgIpc) is 2.93. The third kappa shape index (κ3) is 2.19. The van der Waals surface area contributed by atoms with Gasteiger partial charge in [0.15, 0.2) is 0 Å². The average molecular weight is 264 g/mol. The summed E-state index contributed by atoms with van der Waals surface area (Å²) < 4.78 is 1.72. The zero-order chi connectivity index (χ0) is 11.7. The number of rotatable bonds is 3. The summed E-state index contributed by atoms with van der Waals surface area (Å²) in [6.45, 7) is 0. The molecular formula is C11H12N4S2. The van der Waals surface area contributed by atoms with Crippen molar-refractivity contribution in [2.75, 3.05) is 11.5 Å². The fourth-order valence-electron chi connectivity index (χ4n) is 1.89. The van der Waals surface area contributed by atoms with Gasteiger partial charge in [0.25, 0.3) is 0 Å². The minimum atomic E-state index is 0.609. The van der Waals surface area contributed by atoms with Crippen LogP contribution in [0.3, 0.4) is 0 Å². The molecule has 2 heterocycles. The van der Waals surface area contributed by atoms with Gasteiger partial charge in [-0.3, -0.25) is 0 Å². The Hall–Kier alpha value is -1.01. The van der Waals surface area contributed by atoms with E-state index in [0.717, 1.165) is 16.7 Å². The topological polar surface area (TPSA) is 43.6 Å². The third-order valence-corrected chi connectivity index (χ3v) is 5.22. The summed E-state index contributed by atoms with van der Waals surface area (Å²) in [7, 11) is 1.87. The van der Waals surface area contributed by atoms with Gasteiger partial charge in [-0.15, -0.1) is 16.9 Å². The van der Waals surface area contributed by atoms with Gasteiger partial charge in [-0.2, -0.15) is 0 Å². The van der Waals surface area contributed by atoms with Crippen LogP contribution in [0.15, 0.2) is 34.3 Å². The van der Waals surface area contributed by atoms with Crippen LogP contribution < -0.4 is 0 Å². The molecule has 0 saturated carbocycles. The Morgan fingerprint density at radius 1 is 1.47 bits per heavy atom. The molecule has 1 aliphatic rings. The summed E-state index contributed by atoms with van der Waals surface area (Å²) in [5.74, 6) is 2.81. The lowest BCUT2D eigenvalue weighted by Crippen LogP contribution is -2.02. The van der Waals surface area contributed by atoms with Crippen LogP contribution in [0.4, 0.5) is 0 Å². The van der Waals surface area contributed by atoms with Gasteiger partial charge in [0.05, 0.1) is 0 Å². The number of fused-ring (bicyclic) bond motifs is 1. The first-order chi connectivity index (χ1) is 8.34. The van der Waals surface area contributed by atoms with E-state index in [1.165, 1.54) is 10.5 Å². The minimum Gasteiger partial charge on any atom is -0.224 e. The number of hydrogen-bond acceptors (Lipinski definition) is 5. The molecule has 1 unspecified atom stereocenters. The number of benzene rings is 1. The van der Waals surface area contributed by atoms with Crippen LogP contribution in [0.2, 0.25) is 0 Å². The van der Waals surface area contributed by atoms with E-state index in [1.54, 1.807) is 16.4 Å². The van der Waals surface area contributed by atoms with E-state index >= 15 is 0 Å². The van der Waals surface area contributed by atoms with E-state index in [4.69, 9.17) is 0 Å². The van der Waals surface area contributed by atoms with Crippen LogP contribution in [-0.4, -0.2) is 31.7 Å². The quantitative estimate of drug-likeness (QED) is 0.795. The summed E-state index contributed by atoms with van der Waals surface area (Å²) in [4.78, 5) is 1.43. The Bertz CT molecular complexity index is 526. The van der Waals surface area contributed by atoms with Gasteiger partial charge in [0, 0.05) is 29.4 Å². The van der Waals surface area contributed by atoms with E-state index < -0.39 is 0 Å². The smallest absolute Gasteiger partial charge is 0.209 e. The molecule has 0 radical (unpaired) electrons. The third-order valence-electron chi connectivity index (χ3n) is 2.79. The predicted molar refractivity (Wildman–Crippen MR) is 69.4 cm³/mol. The summed E-state index contributed by atoms with van der Waals surface area (Å²) >= 11 is 3.67. The summed E-state index contributed by atoms with van der Waals surface area (Å²) in [5, 5.41) is 12.4. The number of aromatic nitrogens is 4. The van der Waals surface area contributed by atoms with Gasteiger partial charge in [0.1, 0.15) is 0 Å². The highest BCUT2D eigenvalue weighted by molar-refractivity contribution is 8.00. The second-order valence-corrected chi connectivity index (χ2v) is 5.99. The fourth-order valence-corrected chi connectivity index (χ4v) is 4.25. The van der Waals surface area contributed by atoms with E-state index in [1.807, 2.05) is 18.8 Å². The Morgan fingerprint density at radius 2 is 2.35 bits per heavy atom. The van der Waals surface area contributed by atoms with Crippen LogP contribution in [0.5, 0.6) is 0 Å². The summed E-state index contributed by atoms with van der Waals surface area (Å²) in [5.41, 5.74) is 1.47. The maximum atomic E-state index is 3.99. The molecule has 3 rings (SSSR count). The monoisotopic (exact) mass is 264 g/mol. The van der Waals surface area contributed by atoms with Crippen molar-refractivity contribution in [2.45, 2.75) is 16.0 Å². The normalized spacial score (nSPS) is 18.3. The molecule has 0 saturated heterocycles. The molecule has 0 aliphatic carbocycles. The maximum Gasteiger partial charge on any atom is 0.209 e. The second kappa shape index (κ2) is 4.70. The molecule has 88 valence electrons. The van der Waals surface area contributed by atoms with Gasteiger partial charge in [0.2, 0.25) is 5.16 Å². The standard InChI is InChI=1S/C11H12N4S2/c1-15-11(12-13-14-15)17-7-8-6-16-10-5-3-2-4-9(8)10/h2-5,8H,6-7H2,1H3. The van der Waals surface area contributed by atoms with Crippen LogP contribution in [0, 0.1) is 0 Å². The molecule has 0 amide bonds. The Labute approximate surface area is 108 Å². The zero-order valence-corrected chi connectivity index (χ0v) is 11.0. The summed E-state index contributed by atoms with van der Waals surface area (Å²) in [6, 6.07) is 8.66. The highest BCUT2D eigenvalue weighted by atomic mass is 32.2. The SMILES string of the molecule is Cn1nnnc1SCC1CSc2ccccc21. The molecule has 1 aliphatic heterocycles. The second-order valence-electron chi connectivity index (χ2n) is 3.94. The van der Waals surface area contributed by atoms with Gasteiger partial charge in [-0.05, 0) is 22.1 Å². The maximum absolute atomic E-state index is 3.99. The molecule has 0 bridgehead atoms. The lowest BCUT2D eigenvalue weighted by atomic mass is 10.0. The Morgan fingerprint density at radius 3 is 3.18 bits per heavy atom. The number of aryl methyl sites for hydroxylation is 1. The zero-order valence-electron chi connectivity index (χ0n) is 9.41. The molecule has 4 nitrogen and oxygen atoms in total. The first-order valence-electron chi connectivity index (χ1n) is 5.41. The van der Waals surface area contributed by atoms with Crippen molar-refractivity contribution in [1.82, 2.24) is 20.2 Å². The predicted octanol–water partition coefficient (Wildman–Crippen LogP) is 2.19. The lowest BCUT2D eigenvalue weighted by Gasteiger charge is -2.08. The van der Waals surface area contributed by atoms with Crippen molar-refractivity contribution in [3.8, 4) is 0 Å². The van der Waals surface area contributed by atoms with Crippen molar-refractivity contribution < 1.29 is 0 Å². The first kappa shape index (κ1) is 11.1. The van der Waals surface area contributed by atoms with Gasteiger partial charge in [-0.25, -0.2) is 4.68 Å². The van der Waals surface area contributed by atoms with Crippen LogP contribution in [0.25, 0.3) is 0 Å². The van der Waals surface area contributed by atoms with Crippen molar-refractivity contribution >= 4 is 23.5 Å². The largest absolute Gasteiger partial charge is 0.224 e. The highest BCUT2D eigenvalue weighted by Crippen LogP contribution is 2.41. The number of hydrogen-bond donors (Lipinski definition) is 0. The summed E-state index contributed by atoms with van der Waals surface area (Å²) in [6.07, 6.45) is 0. The Kier molecular flexibility index (Phi) is 3.07. The molecule has 0 N–H and O–H groups in total.